The smallest absolute Gasteiger partial charge is 0.305 e. The van der Waals surface area contributed by atoms with E-state index in [1.54, 1.807) is 4.90 Å². The summed E-state index contributed by atoms with van der Waals surface area (Å²) >= 11 is 0. The Hall–Kier alpha value is -1.10. The van der Waals surface area contributed by atoms with Crippen molar-refractivity contribution in [2.24, 2.45) is 5.73 Å². The molecule has 0 aliphatic heterocycles. The number of hydrogen-bond donors (Lipinski definition) is 2. The van der Waals surface area contributed by atoms with Crippen molar-refractivity contribution < 1.29 is 14.7 Å². The van der Waals surface area contributed by atoms with Gasteiger partial charge in [-0.2, -0.15) is 0 Å². The SMILES string of the molecule is CCC(N)(CC)C(=O)N(CCC(=O)O)C1CC1. The van der Waals surface area contributed by atoms with Crippen LogP contribution in [0.3, 0.4) is 0 Å². The van der Waals surface area contributed by atoms with E-state index in [2.05, 4.69) is 0 Å². The van der Waals surface area contributed by atoms with Gasteiger partial charge < -0.3 is 15.7 Å². The quantitative estimate of drug-likeness (QED) is 0.696. The summed E-state index contributed by atoms with van der Waals surface area (Å²) < 4.78 is 0. The first-order valence-corrected chi connectivity index (χ1v) is 6.26. The average molecular weight is 242 g/mol. The summed E-state index contributed by atoms with van der Waals surface area (Å²) in [5.41, 5.74) is 5.24. The van der Waals surface area contributed by atoms with Crippen molar-refractivity contribution in [3.05, 3.63) is 0 Å². The Labute approximate surface area is 102 Å². The lowest BCUT2D eigenvalue weighted by Crippen LogP contribution is -2.55. The molecule has 1 aliphatic rings. The van der Waals surface area contributed by atoms with Crippen molar-refractivity contribution in [3.63, 3.8) is 0 Å². The van der Waals surface area contributed by atoms with Crippen molar-refractivity contribution in [2.75, 3.05) is 6.54 Å². The Morgan fingerprint density at radius 2 is 1.88 bits per heavy atom. The van der Waals surface area contributed by atoms with Crippen molar-refractivity contribution in [2.45, 2.75) is 57.5 Å². The summed E-state index contributed by atoms with van der Waals surface area (Å²) in [5.74, 6) is -0.967. The summed E-state index contributed by atoms with van der Waals surface area (Å²) in [6.07, 6.45) is 3.09. The molecule has 0 atom stereocenters. The zero-order valence-corrected chi connectivity index (χ0v) is 10.6. The topological polar surface area (TPSA) is 83.6 Å². The maximum absolute atomic E-state index is 12.3. The lowest BCUT2D eigenvalue weighted by atomic mass is 9.92. The Morgan fingerprint density at radius 3 is 2.24 bits per heavy atom. The number of carboxylic acid groups (broad SMARTS) is 1. The third-order valence-electron chi connectivity index (χ3n) is 3.50. The van der Waals surface area contributed by atoms with E-state index in [0.717, 1.165) is 12.8 Å². The molecule has 1 rings (SSSR count). The number of carbonyl (C=O) groups is 2. The van der Waals surface area contributed by atoms with Gasteiger partial charge in [-0.25, -0.2) is 0 Å². The molecule has 98 valence electrons. The first-order valence-electron chi connectivity index (χ1n) is 6.26. The van der Waals surface area contributed by atoms with Gasteiger partial charge in [0.2, 0.25) is 5.91 Å². The van der Waals surface area contributed by atoms with Crippen molar-refractivity contribution in [1.29, 1.82) is 0 Å². The van der Waals surface area contributed by atoms with Crippen LogP contribution >= 0.6 is 0 Å². The molecule has 3 N–H and O–H groups in total. The number of rotatable bonds is 7. The standard InChI is InChI=1S/C12H22N2O3/c1-3-12(13,4-2)11(17)14(9-5-6-9)8-7-10(15)16/h9H,3-8,13H2,1-2H3,(H,15,16). The molecule has 0 unspecified atom stereocenters. The Morgan fingerprint density at radius 1 is 1.35 bits per heavy atom. The predicted molar refractivity (Wildman–Crippen MR) is 64.5 cm³/mol. The molecule has 0 aromatic heterocycles. The van der Waals surface area contributed by atoms with Crippen LogP contribution in [0.1, 0.15) is 46.0 Å². The Bertz CT molecular complexity index is 296. The van der Waals surface area contributed by atoms with Crippen LogP contribution in [0.15, 0.2) is 0 Å². The van der Waals surface area contributed by atoms with Crippen molar-refractivity contribution >= 4 is 11.9 Å². The third-order valence-corrected chi connectivity index (χ3v) is 3.50. The average Bonchev–Trinajstić information content (AvgIpc) is 3.12. The molecule has 0 bridgehead atoms. The molecule has 1 saturated carbocycles. The molecule has 0 spiro atoms. The number of hydrogen-bond acceptors (Lipinski definition) is 3. The minimum Gasteiger partial charge on any atom is -0.481 e. The number of carbonyl (C=O) groups excluding carboxylic acids is 1. The van der Waals surface area contributed by atoms with E-state index in [0.29, 0.717) is 12.8 Å². The third kappa shape index (κ3) is 3.43. The molecule has 1 fully saturated rings. The van der Waals surface area contributed by atoms with E-state index >= 15 is 0 Å². The summed E-state index contributed by atoms with van der Waals surface area (Å²) in [6, 6.07) is 0.211. The number of amides is 1. The summed E-state index contributed by atoms with van der Waals surface area (Å²) in [6.45, 7) is 4.06. The molecule has 0 heterocycles. The van der Waals surface area contributed by atoms with E-state index < -0.39 is 11.5 Å². The molecule has 17 heavy (non-hydrogen) atoms. The number of carboxylic acids is 1. The monoisotopic (exact) mass is 242 g/mol. The van der Waals surface area contributed by atoms with Gasteiger partial charge in [-0.3, -0.25) is 9.59 Å². The minimum atomic E-state index is -0.876. The lowest BCUT2D eigenvalue weighted by molar-refractivity contribution is -0.141. The van der Waals surface area contributed by atoms with Crippen LogP contribution in [0.4, 0.5) is 0 Å². The molecule has 1 aliphatic carbocycles. The number of aliphatic carboxylic acids is 1. The van der Waals surface area contributed by atoms with Crippen LogP contribution in [0, 0.1) is 0 Å². The van der Waals surface area contributed by atoms with Crippen LogP contribution < -0.4 is 5.73 Å². The molecule has 0 aromatic rings. The van der Waals surface area contributed by atoms with Crippen LogP contribution in [-0.4, -0.2) is 40.0 Å². The maximum Gasteiger partial charge on any atom is 0.305 e. The van der Waals surface area contributed by atoms with Gasteiger partial charge in [0.15, 0.2) is 0 Å². The maximum atomic E-state index is 12.3. The second kappa shape index (κ2) is 5.49. The zero-order valence-electron chi connectivity index (χ0n) is 10.6. The van der Waals surface area contributed by atoms with E-state index in [9.17, 15) is 9.59 Å². The number of nitrogens with two attached hydrogens (primary N) is 1. The largest absolute Gasteiger partial charge is 0.481 e. The summed E-state index contributed by atoms with van der Waals surface area (Å²) in [5, 5.41) is 8.69. The fourth-order valence-electron chi connectivity index (χ4n) is 1.89. The molecule has 5 heteroatoms. The molecule has 1 amide bonds. The van der Waals surface area contributed by atoms with Gasteiger partial charge in [0.05, 0.1) is 12.0 Å². The summed E-state index contributed by atoms with van der Waals surface area (Å²) in [4.78, 5) is 24.6. The van der Waals surface area contributed by atoms with E-state index in [4.69, 9.17) is 10.8 Å². The van der Waals surface area contributed by atoms with Gasteiger partial charge in [0.1, 0.15) is 0 Å². The molecular formula is C12H22N2O3. The second-order valence-electron chi connectivity index (χ2n) is 4.74. The normalized spacial score (nSPS) is 15.7. The zero-order chi connectivity index (χ0) is 13.1. The van der Waals surface area contributed by atoms with Gasteiger partial charge in [-0.1, -0.05) is 13.8 Å². The highest BCUT2D eigenvalue weighted by atomic mass is 16.4. The Kier molecular flexibility index (Phi) is 4.51. The fourth-order valence-corrected chi connectivity index (χ4v) is 1.89. The number of nitrogens with zero attached hydrogens (tertiary/aromatic N) is 1. The molecule has 0 radical (unpaired) electrons. The first kappa shape index (κ1) is 14.0. The van der Waals surface area contributed by atoms with E-state index in [1.807, 2.05) is 13.8 Å². The van der Waals surface area contributed by atoms with Gasteiger partial charge in [-0.15, -0.1) is 0 Å². The van der Waals surface area contributed by atoms with E-state index in [1.165, 1.54) is 0 Å². The molecule has 0 saturated heterocycles. The Balaban J connectivity index is 2.69. The van der Waals surface area contributed by atoms with Crippen LogP contribution in [0.25, 0.3) is 0 Å². The van der Waals surface area contributed by atoms with Gasteiger partial charge >= 0.3 is 5.97 Å². The highest BCUT2D eigenvalue weighted by molar-refractivity contribution is 5.87. The van der Waals surface area contributed by atoms with Crippen LogP contribution in [0.2, 0.25) is 0 Å². The van der Waals surface area contributed by atoms with Crippen LogP contribution in [0.5, 0.6) is 0 Å². The molecule has 0 aromatic carbocycles. The first-order chi connectivity index (χ1) is 7.94. The minimum absolute atomic E-state index is 0.00819. The molecular weight excluding hydrogens is 220 g/mol. The highest BCUT2D eigenvalue weighted by Crippen LogP contribution is 2.30. The van der Waals surface area contributed by atoms with Crippen molar-refractivity contribution in [3.8, 4) is 0 Å². The van der Waals surface area contributed by atoms with Gasteiger partial charge in [0, 0.05) is 12.6 Å². The predicted octanol–water partition coefficient (Wildman–Crippen LogP) is 0.970. The summed E-state index contributed by atoms with van der Waals surface area (Å²) in [7, 11) is 0. The van der Waals surface area contributed by atoms with Gasteiger partial charge in [-0.05, 0) is 25.7 Å². The second-order valence-corrected chi connectivity index (χ2v) is 4.74. The van der Waals surface area contributed by atoms with E-state index in [-0.39, 0.29) is 24.9 Å². The molecule has 5 nitrogen and oxygen atoms in total. The van der Waals surface area contributed by atoms with Gasteiger partial charge in [0.25, 0.3) is 0 Å². The van der Waals surface area contributed by atoms with Crippen LogP contribution in [-0.2, 0) is 9.59 Å². The lowest BCUT2D eigenvalue weighted by Gasteiger charge is -2.33. The van der Waals surface area contributed by atoms with Crippen molar-refractivity contribution in [1.82, 2.24) is 4.90 Å². The fraction of sp³-hybridized carbons (Fsp3) is 0.833. The highest BCUT2D eigenvalue weighted by Gasteiger charge is 2.40.